The molecule has 0 fully saturated rings. The molecule has 106 valence electrons. The Kier molecular flexibility index (Phi) is 3.83. The number of anilines is 1. The van der Waals surface area contributed by atoms with Crippen LogP contribution in [0.4, 0.5) is 10.1 Å². The van der Waals surface area contributed by atoms with Crippen molar-refractivity contribution in [1.29, 1.82) is 0 Å². The number of benzene rings is 2. The van der Waals surface area contributed by atoms with E-state index in [1.165, 1.54) is 6.07 Å². The third kappa shape index (κ3) is 2.87. The number of aromatic nitrogens is 3. The number of hydrogen-bond donors (Lipinski definition) is 1. The topological polar surface area (TPSA) is 42.7 Å². The lowest BCUT2D eigenvalue weighted by molar-refractivity contribution is 0.613. The van der Waals surface area contributed by atoms with Crippen LogP contribution in [0.1, 0.15) is 5.56 Å². The van der Waals surface area contributed by atoms with Crippen molar-refractivity contribution in [3.05, 3.63) is 71.3 Å². The number of rotatable bonds is 4. The lowest BCUT2D eigenvalue weighted by Gasteiger charge is -2.12. The normalized spacial score (nSPS) is 10.6. The molecule has 0 aliphatic carbocycles. The van der Waals surface area contributed by atoms with Crippen LogP contribution in [-0.4, -0.2) is 15.0 Å². The number of nitrogens with zero attached hydrogens (tertiary/aromatic N) is 3. The summed E-state index contributed by atoms with van der Waals surface area (Å²) in [4.78, 5) is 0. The van der Waals surface area contributed by atoms with Crippen LogP contribution in [0.3, 0.4) is 0 Å². The van der Waals surface area contributed by atoms with Crippen molar-refractivity contribution in [1.82, 2.24) is 15.0 Å². The highest BCUT2D eigenvalue weighted by Gasteiger charge is 2.09. The third-order valence-corrected chi connectivity index (χ3v) is 3.44. The Morgan fingerprint density at radius 1 is 1.14 bits per heavy atom. The Balaban J connectivity index is 1.86. The van der Waals surface area contributed by atoms with Gasteiger partial charge in [0.05, 0.1) is 23.8 Å². The molecule has 0 aliphatic heterocycles. The minimum absolute atomic E-state index is 0.289. The molecule has 0 saturated carbocycles. The largest absolute Gasteiger partial charge is 0.379 e. The van der Waals surface area contributed by atoms with Crippen LogP contribution in [0.5, 0.6) is 0 Å². The van der Waals surface area contributed by atoms with E-state index in [2.05, 4.69) is 15.6 Å². The van der Waals surface area contributed by atoms with Crippen molar-refractivity contribution < 1.29 is 4.39 Å². The predicted octanol–water partition coefficient (Wildman–Crippen LogP) is 3.67. The molecule has 0 aliphatic rings. The third-order valence-electron chi connectivity index (χ3n) is 3.09. The standard InChI is InChI=1S/C15H12ClFN4/c16-12-4-3-5-13(17)11(12)10-18-14-6-1-2-7-15(14)21-9-8-19-20-21/h1-9,18H,10H2. The molecule has 2 aromatic carbocycles. The van der Waals surface area contributed by atoms with E-state index in [-0.39, 0.29) is 12.4 Å². The van der Waals surface area contributed by atoms with Gasteiger partial charge in [-0.3, -0.25) is 0 Å². The summed E-state index contributed by atoms with van der Waals surface area (Å²) < 4.78 is 15.4. The molecule has 1 aromatic heterocycles. The molecule has 0 unspecified atom stereocenters. The van der Waals surface area contributed by atoms with Gasteiger partial charge >= 0.3 is 0 Å². The van der Waals surface area contributed by atoms with E-state index >= 15 is 0 Å². The molecule has 0 amide bonds. The molecule has 1 N–H and O–H groups in total. The first-order valence-electron chi connectivity index (χ1n) is 6.38. The monoisotopic (exact) mass is 302 g/mol. The molecule has 6 heteroatoms. The molecule has 0 atom stereocenters. The van der Waals surface area contributed by atoms with Crippen molar-refractivity contribution in [2.45, 2.75) is 6.54 Å². The van der Waals surface area contributed by atoms with E-state index in [1.807, 2.05) is 24.3 Å². The summed E-state index contributed by atoms with van der Waals surface area (Å²) in [7, 11) is 0. The maximum absolute atomic E-state index is 13.8. The highest BCUT2D eigenvalue weighted by Crippen LogP contribution is 2.23. The first kappa shape index (κ1) is 13.6. The van der Waals surface area contributed by atoms with Gasteiger partial charge in [0.2, 0.25) is 0 Å². The maximum atomic E-state index is 13.8. The van der Waals surface area contributed by atoms with Gasteiger partial charge in [-0.2, -0.15) is 0 Å². The summed E-state index contributed by atoms with van der Waals surface area (Å²) in [6.45, 7) is 0.289. The van der Waals surface area contributed by atoms with Crippen LogP contribution in [0.2, 0.25) is 5.02 Å². The fourth-order valence-electron chi connectivity index (χ4n) is 2.04. The van der Waals surface area contributed by atoms with Crippen LogP contribution < -0.4 is 5.32 Å². The molecule has 4 nitrogen and oxygen atoms in total. The lowest BCUT2D eigenvalue weighted by Crippen LogP contribution is -2.06. The molecule has 1 heterocycles. The van der Waals surface area contributed by atoms with Gasteiger partial charge in [-0.05, 0) is 24.3 Å². The fourth-order valence-corrected chi connectivity index (χ4v) is 2.27. The fraction of sp³-hybridized carbons (Fsp3) is 0.0667. The van der Waals surface area contributed by atoms with Crippen molar-refractivity contribution in [2.24, 2.45) is 0 Å². The van der Waals surface area contributed by atoms with Crippen molar-refractivity contribution in [3.63, 3.8) is 0 Å². The van der Waals surface area contributed by atoms with E-state index in [0.717, 1.165) is 11.4 Å². The van der Waals surface area contributed by atoms with Crippen molar-refractivity contribution in [2.75, 3.05) is 5.32 Å². The Hall–Kier alpha value is -2.40. The van der Waals surface area contributed by atoms with E-state index in [1.54, 1.807) is 29.2 Å². The Morgan fingerprint density at radius 2 is 2.00 bits per heavy atom. The molecule has 0 saturated heterocycles. The van der Waals surface area contributed by atoms with Crippen LogP contribution in [-0.2, 0) is 6.54 Å². The summed E-state index contributed by atoms with van der Waals surface area (Å²) in [6.07, 6.45) is 3.35. The highest BCUT2D eigenvalue weighted by molar-refractivity contribution is 6.31. The average molecular weight is 303 g/mol. The van der Waals surface area contributed by atoms with E-state index < -0.39 is 0 Å². The second-order valence-corrected chi connectivity index (χ2v) is 4.83. The average Bonchev–Trinajstić information content (AvgIpc) is 3.01. The van der Waals surface area contributed by atoms with Crippen LogP contribution in [0.25, 0.3) is 5.69 Å². The maximum Gasteiger partial charge on any atom is 0.129 e. The summed E-state index contributed by atoms with van der Waals surface area (Å²) in [6, 6.07) is 12.2. The van der Waals surface area contributed by atoms with E-state index in [4.69, 9.17) is 11.6 Å². The highest BCUT2D eigenvalue weighted by atomic mass is 35.5. The smallest absolute Gasteiger partial charge is 0.129 e. The number of para-hydroxylation sites is 2. The minimum Gasteiger partial charge on any atom is -0.379 e. The second-order valence-electron chi connectivity index (χ2n) is 4.42. The van der Waals surface area contributed by atoms with Crippen LogP contribution >= 0.6 is 11.6 Å². The second kappa shape index (κ2) is 5.93. The van der Waals surface area contributed by atoms with Gasteiger partial charge in [-0.25, -0.2) is 9.07 Å². The van der Waals surface area contributed by atoms with Crippen LogP contribution in [0, 0.1) is 5.82 Å². The van der Waals surface area contributed by atoms with Gasteiger partial charge in [0.15, 0.2) is 0 Å². The van der Waals surface area contributed by atoms with Crippen molar-refractivity contribution in [3.8, 4) is 5.69 Å². The lowest BCUT2D eigenvalue weighted by atomic mass is 10.2. The summed E-state index contributed by atoms with van der Waals surface area (Å²) >= 11 is 6.03. The first-order valence-corrected chi connectivity index (χ1v) is 6.76. The number of hydrogen-bond acceptors (Lipinski definition) is 3. The predicted molar refractivity (Wildman–Crippen MR) is 80.1 cm³/mol. The zero-order valence-corrected chi connectivity index (χ0v) is 11.8. The first-order chi connectivity index (χ1) is 10.3. The molecular weight excluding hydrogens is 291 g/mol. The Morgan fingerprint density at radius 3 is 2.76 bits per heavy atom. The van der Waals surface area contributed by atoms with Gasteiger partial charge in [0, 0.05) is 17.1 Å². The van der Waals surface area contributed by atoms with Crippen LogP contribution in [0.15, 0.2) is 54.9 Å². The Labute approximate surface area is 126 Å². The number of nitrogens with one attached hydrogen (secondary N) is 1. The number of halogens is 2. The molecule has 3 rings (SSSR count). The molecule has 0 bridgehead atoms. The molecule has 3 aromatic rings. The summed E-state index contributed by atoms with van der Waals surface area (Å²) in [5.74, 6) is -0.326. The SMILES string of the molecule is Fc1cccc(Cl)c1CNc1ccccc1-n1ccnn1. The van der Waals surface area contributed by atoms with E-state index in [9.17, 15) is 4.39 Å². The zero-order valence-electron chi connectivity index (χ0n) is 11.0. The molecule has 21 heavy (non-hydrogen) atoms. The van der Waals surface area contributed by atoms with Gasteiger partial charge in [0.1, 0.15) is 5.82 Å². The Bertz CT molecular complexity index is 723. The van der Waals surface area contributed by atoms with Gasteiger partial charge < -0.3 is 5.32 Å². The van der Waals surface area contributed by atoms with Gasteiger partial charge in [-0.15, -0.1) is 5.10 Å². The van der Waals surface area contributed by atoms with Gasteiger partial charge in [-0.1, -0.05) is 35.0 Å². The quantitative estimate of drug-likeness (QED) is 0.799. The van der Waals surface area contributed by atoms with E-state index in [0.29, 0.717) is 10.6 Å². The molecule has 0 radical (unpaired) electrons. The van der Waals surface area contributed by atoms with Gasteiger partial charge in [0.25, 0.3) is 0 Å². The van der Waals surface area contributed by atoms with Crippen molar-refractivity contribution >= 4 is 17.3 Å². The molecular formula is C15H12ClFN4. The molecule has 0 spiro atoms. The summed E-state index contributed by atoms with van der Waals surface area (Å²) in [5.41, 5.74) is 2.09. The summed E-state index contributed by atoms with van der Waals surface area (Å²) in [5, 5.41) is 11.3. The zero-order chi connectivity index (χ0) is 14.7. The minimum atomic E-state index is -0.326.